The molecule has 1 heterocycles. The van der Waals surface area contributed by atoms with E-state index >= 15 is 0 Å². The van der Waals surface area contributed by atoms with Crippen LogP contribution in [0.1, 0.15) is 23.7 Å². The van der Waals surface area contributed by atoms with Gasteiger partial charge in [0.1, 0.15) is 6.67 Å². The molecule has 1 atom stereocenters. The number of nitrogens with zero attached hydrogens (tertiary/aromatic N) is 2. The third-order valence-corrected chi connectivity index (χ3v) is 3.74. The van der Waals surface area contributed by atoms with E-state index in [-0.39, 0.29) is 19.1 Å². The Kier molecular flexibility index (Phi) is 4.30. The van der Waals surface area contributed by atoms with Gasteiger partial charge >= 0.3 is 6.09 Å². The molecule has 0 aromatic heterocycles. The van der Waals surface area contributed by atoms with Crippen LogP contribution in [0.25, 0.3) is 0 Å². The van der Waals surface area contributed by atoms with E-state index in [0.29, 0.717) is 12.0 Å². The molecule has 2 rings (SSSR count). The van der Waals surface area contributed by atoms with Crippen LogP contribution in [-0.4, -0.2) is 46.0 Å². The molecule has 0 radical (unpaired) electrons. The lowest BCUT2D eigenvalue weighted by atomic mass is 9.83. The van der Waals surface area contributed by atoms with Gasteiger partial charge in [0.2, 0.25) is 5.91 Å². The van der Waals surface area contributed by atoms with E-state index < -0.39 is 17.4 Å². The average molecular weight is 302 g/mol. The summed E-state index contributed by atoms with van der Waals surface area (Å²) < 4.78 is 0. The van der Waals surface area contributed by atoms with Gasteiger partial charge in [-0.15, -0.1) is 6.58 Å². The Bertz CT molecular complexity index is 614. The zero-order valence-electron chi connectivity index (χ0n) is 12.4. The van der Waals surface area contributed by atoms with Crippen molar-refractivity contribution in [2.75, 3.05) is 13.2 Å². The number of carbonyl (C=O) groups is 3. The van der Waals surface area contributed by atoms with Gasteiger partial charge < -0.3 is 5.11 Å². The molecule has 116 valence electrons. The molecular weight excluding hydrogens is 284 g/mol. The highest BCUT2D eigenvalue weighted by atomic mass is 16.4. The Labute approximate surface area is 128 Å². The fourth-order valence-electron chi connectivity index (χ4n) is 2.59. The van der Waals surface area contributed by atoms with Crippen LogP contribution in [0.15, 0.2) is 43.0 Å². The predicted octanol–water partition coefficient (Wildman–Crippen LogP) is 2.19. The number of carboxylic acid groups (broad SMARTS) is 1. The Hall–Kier alpha value is -2.63. The molecule has 1 N–H and O–H groups in total. The number of hydrogen-bond donors (Lipinski definition) is 1. The van der Waals surface area contributed by atoms with E-state index in [0.717, 1.165) is 9.80 Å². The molecule has 1 saturated heterocycles. The van der Waals surface area contributed by atoms with Crippen molar-refractivity contribution < 1.29 is 19.5 Å². The molecule has 1 aromatic rings. The molecule has 1 unspecified atom stereocenters. The number of carbonyl (C=O) groups excluding carboxylic acids is 2. The fraction of sp³-hybridized carbons (Fsp3) is 0.312. The van der Waals surface area contributed by atoms with E-state index in [2.05, 4.69) is 6.58 Å². The van der Waals surface area contributed by atoms with E-state index in [1.807, 2.05) is 0 Å². The molecule has 6 nitrogen and oxygen atoms in total. The van der Waals surface area contributed by atoms with Gasteiger partial charge in [0.25, 0.3) is 5.91 Å². The molecule has 0 saturated carbocycles. The molecule has 3 amide bonds. The first-order chi connectivity index (χ1) is 10.4. The molecule has 0 bridgehead atoms. The smallest absolute Gasteiger partial charge is 0.408 e. The van der Waals surface area contributed by atoms with Gasteiger partial charge in [0, 0.05) is 12.1 Å². The normalized spacial score (nSPS) is 21.6. The van der Waals surface area contributed by atoms with Crippen molar-refractivity contribution >= 4 is 17.9 Å². The average Bonchev–Trinajstić information content (AvgIpc) is 2.50. The van der Waals surface area contributed by atoms with Crippen molar-refractivity contribution in [3.63, 3.8) is 0 Å². The third-order valence-electron chi connectivity index (χ3n) is 3.74. The minimum Gasteiger partial charge on any atom is -0.465 e. The Morgan fingerprint density at radius 3 is 2.55 bits per heavy atom. The van der Waals surface area contributed by atoms with Crippen LogP contribution in [0.5, 0.6) is 0 Å². The van der Waals surface area contributed by atoms with E-state index in [9.17, 15) is 19.5 Å². The summed E-state index contributed by atoms with van der Waals surface area (Å²) in [6.45, 7) is 5.05. The number of allylic oxidation sites excluding steroid dienone is 1. The molecule has 1 aliphatic heterocycles. The van der Waals surface area contributed by atoms with E-state index in [1.54, 1.807) is 43.3 Å². The highest BCUT2D eigenvalue weighted by Crippen LogP contribution is 2.31. The minimum absolute atomic E-state index is 0.0474. The summed E-state index contributed by atoms with van der Waals surface area (Å²) in [4.78, 5) is 38.6. The van der Waals surface area contributed by atoms with Crippen LogP contribution in [0.3, 0.4) is 0 Å². The molecule has 0 aliphatic carbocycles. The van der Waals surface area contributed by atoms with Crippen LogP contribution in [0, 0.1) is 5.41 Å². The lowest BCUT2D eigenvalue weighted by molar-refractivity contribution is -0.146. The number of imide groups is 1. The van der Waals surface area contributed by atoms with Crippen molar-refractivity contribution in [1.29, 1.82) is 0 Å². The number of benzene rings is 1. The summed E-state index contributed by atoms with van der Waals surface area (Å²) in [5, 5.41) is 9.25. The third kappa shape index (κ3) is 2.86. The quantitative estimate of drug-likeness (QED) is 0.686. The van der Waals surface area contributed by atoms with Gasteiger partial charge in [-0.1, -0.05) is 24.3 Å². The second-order valence-corrected chi connectivity index (χ2v) is 5.58. The van der Waals surface area contributed by atoms with Crippen molar-refractivity contribution in [2.45, 2.75) is 13.3 Å². The Balaban J connectivity index is 2.36. The van der Waals surface area contributed by atoms with E-state index in [4.69, 9.17) is 0 Å². The van der Waals surface area contributed by atoms with Crippen molar-refractivity contribution in [1.82, 2.24) is 9.80 Å². The molecule has 1 aliphatic rings. The highest BCUT2D eigenvalue weighted by molar-refractivity contribution is 6.06. The van der Waals surface area contributed by atoms with Gasteiger partial charge in [-0.2, -0.15) is 0 Å². The topological polar surface area (TPSA) is 77.9 Å². The minimum atomic E-state index is -1.16. The highest BCUT2D eigenvalue weighted by Gasteiger charge is 2.46. The lowest BCUT2D eigenvalue weighted by Gasteiger charge is -2.42. The Morgan fingerprint density at radius 1 is 1.36 bits per heavy atom. The summed E-state index contributed by atoms with van der Waals surface area (Å²) in [6, 6.07) is 8.35. The summed E-state index contributed by atoms with van der Waals surface area (Å²) in [5.74, 6) is -0.870. The molecule has 1 aromatic carbocycles. The lowest BCUT2D eigenvalue weighted by Crippen LogP contribution is -2.60. The summed E-state index contributed by atoms with van der Waals surface area (Å²) >= 11 is 0. The number of rotatable bonds is 3. The maximum absolute atomic E-state index is 12.7. The van der Waals surface area contributed by atoms with Gasteiger partial charge in [-0.3, -0.25) is 19.4 Å². The second kappa shape index (κ2) is 6.01. The first-order valence-electron chi connectivity index (χ1n) is 6.89. The van der Waals surface area contributed by atoms with Crippen molar-refractivity contribution in [3.8, 4) is 0 Å². The standard InChI is InChI=1S/C16H18N2O4/c1-3-9-16(2)10-17(15(21)22)11-18(14(16)20)13(19)12-7-5-4-6-8-12/h3-8H,1,9-11H2,2H3,(H,21,22). The predicted molar refractivity (Wildman–Crippen MR) is 80.1 cm³/mol. The fourth-order valence-corrected chi connectivity index (χ4v) is 2.59. The van der Waals surface area contributed by atoms with Crippen LogP contribution >= 0.6 is 0 Å². The first kappa shape index (κ1) is 15.8. The van der Waals surface area contributed by atoms with Gasteiger partial charge in [-0.05, 0) is 25.5 Å². The molecule has 1 fully saturated rings. The molecule has 22 heavy (non-hydrogen) atoms. The Morgan fingerprint density at radius 2 is 2.00 bits per heavy atom. The SMILES string of the molecule is C=CCC1(C)CN(C(=O)O)CN(C(=O)c2ccccc2)C1=O. The van der Waals surface area contributed by atoms with Gasteiger partial charge in [-0.25, -0.2) is 4.79 Å². The molecule has 0 spiro atoms. The van der Waals surface area contributed by atoms with Crippen LogP contribution in [-0.2, 0) is 4.79 Å². The summed E-state index contributed by atoms with van der Waals surface area (Å²) in [7, 11) is 0. The monoisotopic (exact) mass is 302 g/mol. The zero-order valence-corrected chi connectivity index (χ0v) is 12.4. The van der Waals surface area contributed by atoms with Crippen LogP contribution in [0.4, 0.5) is 4.79 Å². The summed E-state index contributed by atoms with van der Waals surface area (Å²) in [6.07, 6.45) is 0.705. The molecular formula is C16H18N2O4. The number of hydrogen-bond acceptors (Lipinski definition) is 3. The first-order valence-corrected chi connectivity index (χ1v) is 6.89. The number of amides is 3. The molecule has 6 heteroatoms. The van der Waals surface area contributed by atoms with Crippen molar-refractivity contribution in [2.24, 2.45) is 5.41 Å². The summed E-state index contributed by atoms with van der Waals surface area (Å²) in [5.41, 5.74) is -0.632. The van der Waals surface area contributed by atoms with Gasteiger partial charge in [0.15, 0.2) is 0 Å². The maximum atomic E-state index is 12.7. The van der Waals surface area contributed by atoms with Gasteiger partial charge in [0.05, 0.1) is 5.41 Å². The zero-order chi connectivity index (χ0) is 16.3. The van der Waals surface area contributed by atoms with Crippen LogP contribution in [0.2, 0.25) is 0 Å². The van der Waals surface area contributed by atoms with Crippen molar-refractivity contribution in [3.05, 3.63) is 48.6 Å². The second-order valence-electron chi connectivity index (χ2n) is 5.58. The van der Waals surface area contributed by atoms with E-state index in [1.165, 1.54) is 0 Å². The van der Waals surface area contributed by atoms with Crippen LogP contribution < -0.4 is 0 Å². The maximum Gasteiger partial charge on any atom is 0.408 e. The largest absolute Gasteiger partial charge is 0.465 e.